The van der Waals surface area contributed by atoms with Crippen molar-refractivity contribution in [3.63, 3.8) is 0 Å². The van der Waals surface area contributed by atoms with E-state index in [1.54, 1.807) is 12.1 Å². The first-order valence-electron chi connectivity index (χ1n) is 6.52. The average molecular weight is 401 g/mol. The van der Waals surface area contributed by atoms with Crippen LogP contribution >= 0.6 is 15.9 Å². The molecule has 0 bridgehead atoms. The summed E-state index contributed by atoms with van der Waals surface area (Å²) in [5.41, 5.74) is -0.325. The van der Waals surface area contributed by atoms with E-state index in [0.717, 1.165) is 16.8 Å². The minimum Gasteiger partial charge on any atom is -0.492 e. The Labute approximate surface area is 141 Å². The zero-order valence-electron chi connectivity index (χ0n) is 11.7. The minimum absolute atomic E-state index is 0.189. The molecule has 9 heteroatoms. The highest BCUT2D eigenvalue weighted by atomic mass is 79.9. The maximum atomic E-state index is 12.5. The molecule has 1 aromatic heterocycles. The molecule has 0 saturated heterocycles. The maximum Gasteiger partial charge on any atom is 0.573 e. The number of ether oxygens (including phenoxy) is 1. The number of fused-ring (bicyclic) bond motifs is 1. The largest absolute Gasteiger partial charge is 0.573 e. The fourth-order valence-electron chi connectivity index (χ4n) is 2.16. The van der Waals surface area contributed by atoms with Crippen molar-refractivity contribution >= 4 is 26.7 Å². The van der Waals surface area contributed by atoms with Crippen molar-refractivity contribution in [1.29, 1.82) is 0 Å². The minimum atomic E-state index is -4.80. The van der Waals surface area contributed by atoms with Gasteiger partial charge in [-0.1, -0.05) is 15.9 Å². The Kier molecular flexibility index (Phi) is 3.96. The molecule has 0 atom stereocenters. The molecule has 0 fully saturated rings. The Morgan fingerprint density at radius 1 is 1.08 bits per heavy atom. The number of halogens is 4. The van der Waals surface area contributed by atoms with Gasteiger partial charge in [0.05, 0.1) is 16.5 Å². The van der Waals surface area contributed by atoms with Gasteiger partial charge in [-0.2, -0.15) is 4.68 Å². The van der Waals surface area contributed by atoms with Crippen LogP contribution in [0.15, 0.2) is 51.7 Å². The number of nitrogens with zero attached hydrogens (tertiary/aromatic N) is 2. The number of alkyl halides is 3. The lowest BCUT2D eigenvalue weighted by atomic mass is 10.2. The van der Waals surface area contributed by atoms with Gasteiger partial charge in [0.1, 0.15) is 5.75 Å². The lowest BCUT2D eigenvalue weighted by Crippen LogP contribution is -2.21. The van der Waals surface area contributed by atoms with Gasteiger partial charge in [-0.15, -0.1) is 18.3 Å². The normalized spacial score (nSPS) is 11.7. The molecule has 0 aliphatic heterocycles. The molecule has 0 spiro atoms. The molecule has 2 aromatic carbocycles. The number of hydrogen-bond acceptors (Lipinski definition) is 4. The summed E-state index contributed by atoms with van der Waals surface area (Å²) >= 11 is 3.23. The smallest absolute Gasteiger partial charge is 0.492 e. The molecule has 0 radical (unpaired) electrons. The van der Waals surface area contributed by atoms with E-state index < -0.39 is 17.7 Å². The van der Waals surface area contributed by atoms with E-state index in [1.165, 1.54) is 18.2 Å². The average Bonchev–Trinajstić information content (AvgIpc) is 2.50. The molecular formula is C15H8BrF3N2O3. The van der Waals surface area contributed by atoms with Crippen molar-refractivity contribution in [1.82, 2.24) is 9.78 Å². The molecule has 1 heterocycles. The number of benzene rings is 2. The Balaban J connectivity index is 2.08. The Bertz CT molecular complexity index is 969. The van der Waals surface area contributed by atoms with Crippen LogP contribution in [-0.4, -0.2) is 21.2 Å². The molecule has 3 rings (SSSR count). The van der Waals surface area contributed by atoms with Gasteiger partial charge < -0.3 is 9.84 Å². The standard InChI is InChI=1S/C15H8BrF3N2O3/c16-8-1-6-11-12(7-8)13(22)20-21(14(11)23)9-2-4-10(5-3-9)24-15(17,18)19/h1-7H,(H,20,22). The number of hydrogen-bond donors (Lipinski definition) is 1. The molecule has 124 valence electrons. The van der Waals surface area contributed by atoms with Crippen LogP contribution in [0.1, 0.15) is 0 Å². The van der Waals surface area contributed by atoms with E-state index in [0.29, 0.717) is 4.47 Å². The first-order valence-corrected chi connectivity index (χ1v) is 7.32. The highest BCUT2D eigenvalue weighted by Crippen LogP contribution is 2.26. The Hall–Kier alpha value is -2.55. The van der Waals surface area contributed by atoms with E-state index in [1.807, 2.05) is 0 Å². The summed E-state index contributed by atoms with van der Waals surface area (Å²) in [6.45, 7) is 0. The monoisotopic (exact) mass is 400 g/mol. The quantitative estimate of drug-likeness (QED) is 0.711. The van der Waals surface area contributed by atoms with Gasteiger partial charge in [0.2, 0.25) is 5.88 Å². The summed E-state index contributed by atoms with van der Waals surface area (Å²) in [7, 11) is 0. The van der Waals surface area contributed by atoms with E-state index >= 15 is 0 Å². The fourth-order valence-corrected chi connectivity index (χ4v) is 2.52. The maximum absolute atomic E-state index is 12.5. The third-order valence-corrected chi connectivity index (χ3v) is 3.65. The van der Waals surface area contributed by atoms with Crippen molar-refractivity contribution in [2.24, 2.45) is 0 Å². The highest BCUT2D eigenvalue weighted by molar-refractivity contribution is 9.10. The number of aromatic nitrogens is 2. The summed E-state index contributed by atoms with van der Waals surface area (Å²) in [5.74, 6) is -0.797. The topological polar surface area (TPSA) is 64.3 Å². The van der Waals surface area contributed by atoms with Gasteiger partial charge in [0.15, 0.2) is 0 Å². The fraction of sp³-hybridized carbons (Fsp3) is 0.0667. The lowest BCUT2D eigenvalue weighted by molar-refractivity contribution is -0.274. The van der Waals surface area contributed by atoms with E-state index in [4.69, 9.17) is 0 Å². The van der Waals surface area contributed by atoms with Gasteiger partial charge in [0, 0.05) is 4.47 Å². The van der Waals surface area contributed by atoms with Crippen molar-refractivity contribution < 1.29 is 23.0 Å². The second kappa shape index (κ2) is 5.82. The summed E-state index contributed by atoms with van der Waals surface area (Å²) in [6.07, 6.45) is -4.80. The van der Waals surface area contributed by atoms with Crippen molar-refractivity contribution in [2.45, 2.75) is 6.36 Å². The third kappa shape index (κ3) is 3.21. The van der Waals surface area contributed by atoms with Gasteiger partial charge >= 0.3 is 6.36 Å². The van der Waals surface area contributed by atoms with E-state index in [9.17, 15) is 23.1 Å². The molecule has 0 unspecified atom stereocenters. The summed E-state index contributed by atoms with van der Waals surface area (Å²) in [4.78, 5) is 12.5. The predicted molar refractivity (Wildman–Crippen MR) is 83.4 cm³/mol. The number of rotatable bonds is 2. The molecule has 0 saturated carbocycles. The first-order chi connectivity index (χ1) is 11.2. The molecule has 3 aromatic rings. The van der Waals surface area contributed by atoms with Crippen LogP contribution in [0, 0.1) is 0 Å². The molecule has 5 nitrogen and oxygen atoms in total. The summed E-state index contributed by atoms with van der Waals surface area (Å²) < 4.78 is 41.8. The van der Waals surface area contributed by atoms with Gasteiger partial charge in [-0.25, -0.2) is 0 Å². The third-order valence-electron chi connectivity index (χ3n) is 3.15. The Morgan fingerprint density at radius 3 is 2.38 bits per heavy atom. The SMILES string of the molecule is O=c1c2ccc(Br)cc2c(O)nn1-c1ccc(OC(F)(F)F)cc1. The van der Waals surface area contributed by atoms with E-state index in [2.05, 4.69) is 25.8 Å². The van der Waals surface area contributed by atoms with Crippen LogP contribution in [0.25, 0.3) is 16.5 Å². The van der Waals surface area contributed by atoms with E-state index in [-0.39, 0.29) is 22.3 Å². The van der Waals surface area contributed by atoms with Gasteiger partial charge in [-0.05, 0) is 42.5 Å². The zero-order chi connectivity index (χ0) is 17.5. The number of aromatic hydroxyl groups is 1. The lowest BCUT2D eigenvalue weighted by Gasteiger charge is -2.11. The van der Waals surface area contributed by atoms with Crippen LogP contribution in [0.2, 0.25) is 0 Å². The molecule has 0 aliphatic carbocycles. The van der Waals surface area contributed by atoms with Crippen molar-refractivity contribution in [3.8, 4) is 17.3 Å². The second-order valence-corrected chi connectivity index (χ2v) is 5.69. The molecule has 1 N–H and O–H groups in total. The second-order valence-electron chi connectivity index (χ2n) is 4.77. The van der Waals surface area contributed by atoms with Crippen LogP contribution in [0.5, 0.6) is 11.6 Å². The summed E-state index contributed by atoms with van der Waals surface area (Å²) in [5, 5.41) is 14.3. The van der Waals surface area contributed by atoms with Gasteiger partial charge in [0.25, 0.3) is 5.56 Å². The van der Waals surface area contributed by atoms with Crippen LogP contribution in [0.4, 0.5) is 13.2 Å². The van der Waals surface area contributed by atoms with Crippen molar-refractivity contribution in [2.75, 3.05) is 0 Å². The first kappa shape index (κ1) is 16.3. The zero-order valence-corrected chi connectivity index (χ0v) is 13.3. The Morgan fingerprint density at radius 2 is 1.75 bits per heavy atom. The van der Waals surface area contributed by atoms with Gasteiger partial charge in [-0.3, -0.25) is 4.79 Å². The van der Waals surface area contributed by atoms with Crippen LogP contribution in [0.3, 0.4) is 0 Å². The highest BCUT2D eigenvalue weighted by Gasteiger charge is 2.31. The predicted octanol–water partition coefficient (Wildman–Crippen LogP) is 3.75. The molecular weight excluding hydrogens is 393 g/mol. The molecule has 0 amide bonds. The van der Waals surface area contributed by atoms with Crippen LogP contribution < -0.4 is 10.3 Å². The van der Waals surface area contributed by atoms with Crippen molar-refractivity contribution in [3.05, 3.63) is 57.3 Å². The molecule has 24 heavy (non-hydrogen) atoms. The molecule has 0 aliphatic rings. The summed E-state index contributed by atoms with van der Waals surface area (Å²) in [6, 6.07) is 9.27. The van der Waals surface area contributed by atoms with Crippen LogP contribution in [-0.2, 0) is 0 Å².